The molecule has 2 atom stereocenters. The van der Waals surface area contributed by atoms with E-state index in [1.165, 1.54) is 0 Å². The minimum Gasteiger partial charge on any atom is -0.368 e. The largest absolute Gasteiger partial charge is 0.368 e. The van der Waals surface area contributed by atoms with Gasteiger partial charge in [-0.05, 0) is 19.3 Å². The molecule has 0 heterocycles. The van der Waals surface area contributed by atoms with Crippen molar-refractivity contribution < 1.29 is 14.4 Å². The topological polar surface area (TPSA) is 107 Å². The van der Waals surface area contributed by atoms with Crippen LogP contribution in [0.4, 0.5) is 0 Å². The minimum absolute atomic E-state index is 0.0990. The third-order valence-electron chi connectivity index (χ3n) is 2.23. The molecule has 1 rings (SSSR count). The summed E-state index contributed by atoms with van der Waals surface area (Å²) in [7, 11) is 0. The fourth-order valence-corrected chi connectivity index (χ4v) is 1.52. The van der Waals surface area contributed by atoms with Crippen LogP contribution in [0.25, 0.3) is 0 Å². The highest BCUT2D eigenvalue weighted by Crippen LogP contribution is 2.23. The van der Waals surface area contributed by atoms with Gasteiger partial charge in [0.1, 0.15) is 0 Å². The number of carbonyl (C=O) groups excluding carboxylic acids is 2. The van der Waals surface area contributed by atoms with Gasteiger partial charge < -0.3 is 11.5 Å². The van der Waals surface area contributed by atoms with Crippen LogP contribution < -0.4 is 16.9 Å². The molecule has 5 N–H and O–H groups in total. The van der Waals surface area contributed by atoms with Crippen LogP contribution in [0.2, 0.25) is 0 Å². The smallest absolute Gasteiger partial charge is 0.246 e. The number of hydroxylamine groups is 1. The number of amides is 2. The molecule has 14 heavy (non-hydrogen) atoms. The number of rotatable bonds is 4. The lowest BCUT2D eigenvalue weighted by atomic mass is 10.1. The molecular weight excluding hydrogens is 186 g/mol. The Morgan fingerprint density at radius 3 is 2.64 bits per heavy atom. The first kappa shape index (κ1) is 10.9. The van der Waals surface area contributed by atoms with Crippen LogP contribution in [-0.4, -0.2) is 24.5 Å². The standard InChI is InChI=1S/C8H15N3O3/c9-6-2-1-5(3-6)8(13)11-14-4-7(10)12/h5-6H,1-4,9H2,(H2,10,12)(H,11,13). The number of carbonyl (C=O) groups is 2. The van der Waals surface area contributed by atoms with E-state index in [0.717, 1.165) is 12.8 Å². The van der Waals surface area contributed by atoms with E-state index < -0.39 is 5.91 Å². The Labute approximate surface area is 81.9 Å². The second kappa shape index (κ2) is 4.92. The highest BCUT2D eigenvalue weighted by atomic mass is 16.7. The van der Waals surface area contributed by atoms with Crippen molar-refractivity contribution in [2.75, 3.05) is 6.61 Å². The maximum atomic E-state index is 11.3. The van der Waals surface area contributed by atoms with Crippen LogP contribution >= 0.6 is 0 Å². The fourth-order valence-electron chi connectivity index (χ4n) is 1.52. The highest BCUT2D eigenvalue weighted by molar-refractivity contribution is 5.78. The van der Waals surface area contributed by atoms with E-state index in [2.05, 4.69) is 10.3 Å². The minimum atomic E-state index is -0.617. The van der Waals surface area contributed by atoms with Gasteiger partial charge >= 0.3 is 0 Å². The molecule has 0 aromatic rings. The Bertz CT molecular complexity index is 232. The quantitative estimate of drug-likeness (QED) is 0.488. The summed E-state index contributed by atoms with van der Waals surface area (Å²) in [6.45, 7) is -0.301. The predicted octanol–water partition coefficient (Wildman–Crippen LogP) is -1.35. The Kier molecular flexibility index (Phi) is 3.84. The molecule has 0 radical (unpaired) electrons. The molecule has 1 aliphatic carbocycles. The van der Waals surface area contributed by atoms with Crippen LogP contribution in [0.15, 0.2) is 0 Å². The number of hydrogen-bond donors (Lipinski definition) is 3. The number of nitrogens with one attached hydrogen (secondary N) is 1. The van der Waals surface area contributed by atoms with E-state index in [1.807, 2.05) is 0 Å². The molecule has 6 nitrogen and oxygen atoms in total. The van der Waals surface area contributed by atoms with Crippen LogP contribution in [0.5, 0.6) is 0 Å². The van der Waals surface area contributed by atoms with Crippen LogP contribution in [0.1, 0.15) is 19.3 Å². The fraction of sp³-hybridized carbons (Fsp3) is 0.750. The summed E-state index contributed by atoms with van der Waals surface area (Å²) in [6, 6.07) is 0.0990. The summed E-state index contributed by atoms with van der Waals surface area (Å²) in [5, 5.41) is 0. The van der Waals surface area contributed by atoms with Gasteiger partial charge in [-0.2, -0.15) is 0 Å². The van der Waals surface area contributed by atoms with Crippen molar-refractivity contribution >= 4 is 11.8 Å². The molecule has 0 aromatic carbocycles. The molecule has 1 fully saturated rings. The van der Waals surface area contributed by atoms with Gasteiger partial charge in [-0.15, -0.1) is 0 Å². The van der Waals surface area contributed by atoms with E-state index in [1.54, 1.807) is 0 Å². The zero-order valence-electron chi connectivity index (χ0n) is 7.86. The van der Waals surface area contributed by atoms with Crippen molar-refractivity contribution in [3.8, 4) is 0 Å². The molecule has 2 unspecified atom stereocenters. The Balaban J connectivity index is 2.18. The van der Waals surface area contributed by atoms with Crippen LogP contribution in [-0.2, 0) is 14.4 Å². The summed E-state index contributed by atoms with van der Waals surface area (Å²) in [5.41, 5.74) is 12.6. The molecule has 0 aromatic heterocycles. The average Bonchev–Trinajstić information content (AvgIpc) is 2.51. The van der Waals surface area contributed by atoms with Gasteiger partial charge in [0.05, 0.1) is 0 Å². The SMILES string of the molecule is NC(=O)CONC(=O)C1CCC(N)C1. The highest BCUT2D eigenvalue weighted by Gasteiger charge is 2.27. The van der Waals surface area contributed by atoms with Crippen molar-refractivity contribution in [2.24, 2.45) is 17.4 Å². The Morgan fingerprint density at radius 2 is 2.14 bits per heavy atom. The number of nitrogens with two attached hydrogens (primary N) is 2. The maximum absolute atomic E-state index is 11.3. The van der Waals surface area contributed by atoms with Gasteiger partial charge in [0, 0.05) is 12.0 Å². The molecular formula is C8H15N3O3. The average molecular weight is 201 g/mol. The third kappa shape index (κ3) is 3.31. The summed E-state index contributed by atoms with van der Waals surface area (Å²) in [6.07, 6.45) is 2.30. The van der Waals surface area contributed by atoms with Crippen molar-refractivity contribution in [3.05, 3.63) is 0 Å². The third-order valence-corrected chi connectivity index (χ3v) is 2.23. The first-order valence-corrected chi connectivity index (χ1v) is 4.55. The molecule has 6 heteroatoms. The van der Waals surface area contributed by atoms with Crippen molar-refractivity contribution in [1.82, 2.24) is 5.48 Å². The Morgan fingerprint density at radius 1 is 1.43 bits per heavy atom. The molecule has 1 aliphatic rings. The van der Waals surface area contributed by atoms with Gasteiger partial charge in [-0.25, -0.2) is 5.48 Å². The molecule has 80 valence electrons. The first-order valence-electron chi connectivity index (χ1n) is 4.55. The number of primary amides is 1. The van der Waals surface area contributed by atoms with Crippen LogP contribution in [0, 0.1) is 5.92 Å². The van der Waals surface area contributed by atoms with Gasteiger partial charge in [-0.3, -0.25) is 14.4 Å². The second-order valence-electron chi connectivity index (χ2n) is 3.49. The van der Waals surface area contributed by atoms with E-state index in [9.17, 15) is 9.59 Å². The predicted molar refractivity (Wildman–Crippen MR) is 48.6 cm³/mol. The molecule has 0 spiro atoms. The lowest BCUT2D eigenvalue weighted by Gasteiger charge is -2.09. The van der Waals surface area contributed by atoms with Gasteiger partial charge in [0.15, 0.2) is 6.61 Å². The van der Waals surface area contributed by atoms with Crippen molar-refractivity contribution in [3.63, 3.8) is 0 Å². The lowest BCUT2D eigenvalue weighted by molar-refractivity contribution is -0.141. The second-order valence-corrected chi connectivity index (χ2v) is 3.49. The summed E-state index contributed by atoms with van der Waals surface area (Å²) in [5.74, 6) is -0.939. The normalized spacial score (nSPS) is 26.1. The molecule has 0 aliphatic heterocycles. The van der Waals surface area contributed by atoms with Gasteiger partial charge in [0.2, 0.25) is 11.8 Å². The van der Waals surface area contributed by atoms with E-state index in [0.29, 0.717) is 6.42 Å². The monoisotopic (exact) mass is 201 g/mol. The van der Waals surface area contributed by atoms with Crippen LogP contribution in [0.3, 0.4) is 0 Å². The number of hydrogen-bond acceptors (Lipinski definition) is 4. The van der Waals surface area contributed by atoms with Gasteiger partial charge in [-0.1, -0.05) is 0 Å². The lowest BCUT2D eigenvalue weighted by Crippen LogP contribution is -2.33. The van der Waals surface area contributed by atoms with Crippen molar-refractivity contribution in [2.45, 2.75) is 25.3 Å². The maximum Gasteiger partial charge on any atom is 0.246 e. The molecule has 0 bridgehead atoms. The summed E-state index contributed by atoms with van der Waals surface area (Å²) >= 11 is 0. The van der Waals surface area contributed by atoms with Crippen molar-refractivity contribution in [1.29, 1.82) is 0 Å². The zero-order valence-corrected chi connectivity index (χ0v) is 7.86. The van der Waals surface area contributed by atoms with E-state index in [4.69, 9.17) is 11.5 Å². The van der Waals surface area contributed by atoms with E-state index >= 15 is 0 Å². The molecule has 1 saturated carbocycles. The van der Waals surface area contributed by atoms with Gasteiger partial charge in [0.25, 0.3) is 0 Å². The molecule has 0 saturated heterocycles. The zero-order chi connectivity index (χ0) is 10.6. The Hall–Kier alpha value is -1.14. The first-order chi connectivity index (χ1) is 6.59. The summed E-state index contributed by atoms with van der Waals surface area (Å²) in [4.78, 5) is 26.2. The molecule has 2 amide bonds. The van der Waals surface area contributed by atoms with E-state index in [-0.39, 0.29) is 24.5 Å². The summed E-state index contributed by atoms with van der Waals surface area (Å²) < 4.78 is 0.